The Morgan fingerprint density at radius 1 is 1.50 bits per heavy atom. The van der Waals surface area contributed by atoms with E-state index < -0.39 is 5.82 Å². The van der Waals surface area contributed by atoms with Crippen molar-refractivity contribution in [3.8, 4) is 0 Å². The smallest absolute Gasteiger partial charge is 0.272 e. The van der Waals surface area contributed by atoms with Gasteiger partial charge in [-0.15, -0.1) is 11.6 Å². The molecule has 0 spiro atoms. The first-order chi connectivity index (χ1) is 8.72. The second-order valence-electron chi connectivity index (χ2n) is 4.49. The molecule has 0 radical (unpaired) electrons. The molecule has 0 N–H and O–H groups in total. The number of piperidine rings is 1. The number of pyridine rings is 1. The number of alkyl halides is 1. The highest BCUT2D eigenvalue weighted by Crippen LogP contribution is 2.21. The average Bonchev–Trinajstić information content (AvgIpc) is 2.40. The van der Waals surface area contributed by atoms with Crippen molar-refractivity contribution in [3.63, 3.8) is 0 Å². The van der Waals surface area contributed by atoms with Gasteiger partial charge in [0.1, 0.15) is 11.5 Å². The minimum absolute atomic E-state index is 0.121. The number of hydrogen-bond donors (Lipinski definition) is 0. The molecule has 1 saturated heterocycles. The van der Waals surface area contributed by atoms with Crippen LogP contribution in [-0.2, 0) is 0 Å². The summed E-state index contributed by atoms with van der Waals surface area (Å²) in [4.78, 5) is 18.0. The number of carbonyl (C=O) groups excluding carboxylic acids is 1. The lowest BCUT2D eigenvalue weighted by atomic mass is 9.99. The molecule has 0 bridgehead atoms. The Kier molecular flexibility index (Phi) is 4.53. The van der Waals surface area contributed by atoms with Crippen LogP contribution in [-0.4, -0.2) is 34.3 Å². The molecule has 1 aliphatic rings. The average molecular weight is 271 g/mol. The van der Waals surface area contributed by atoms with Crippen LogP contribution in [0.3, 0.4) is 0 Å². The first-order valence-corrected chi connectivity index (χ1v) is 6.74. The van der Waals surface area contributed by atoms with E-state index in [1.165, 1.54) is 12.1 Å². The fraction of sp³-hybridized carbons (Fsp3) is 0.538. The number of halogens is 2. The maximum absolute atomic E-state index is 12.8. The maximum Gasteiger partial charge on any atom is 0.272 e. The molecule has 0 saturated carbocycles. The first kappa shape index (κ1) is 13.3. The third kappa shape index (κ3) is 2.99. The van der Waals surface area contributed by atoms with E-state index in [0.29, 0.717) is 11.6 Å². The predicted molar refractivity (Wildman–Crippen MR) is 68.2 cm³/mol. The molecule has 0 aliphatic carbocycles. The fourth-order valence-electron chi connectivity index (χ4n) is 2.34. The molecule has 1 amide bonds. The topological polar surface area (TPSA) is 33.2 Å². The molecule has 1 atom stereocenters. The molecule has 1 fully saturated rings. The van der Waals surface area contributed by atoms with Gasteiger partial charge in [-0.05, 0) is 37.8 Å². The number of aromatic nitrogens is 1. The van der Waals surface area contributed by atoms with Crippen molar-refractivity contribution >= 4 is 17.5 Å². The number of nitrogens with zero attached hydrogens (tertiary/aromatic N) is 2. The Morgan fingerprint density at radius 3 is 3.00 bits per heavy atom. The number of likely N-dealkylation sites (tertiary alicyclic amines) is 1. The van der Waals surface area contributed by atoms with E-state index in [-0.39, 0.29) is 11.9 Å². The van der Waals surface area contributed by atoms with Gasteiger partial charge in [0.25, 0.3) is 5.91 Å². The van der Waals surface area contributed by atoms with Gasteiger partial charge in [-0.2, -0.15) is 0 Å². The van der Waals surface area contributed by atoms with Crippen molar-refractivity contribution in [1.29, 1.82) is 0 Å². The van der Waals surface area contributed by atoms with Crippen LogP contribution in [0.2, 0.25) is 0 Å². The molecule has 98 valence electrons. The van der Waals surface area contributed by atoms with E-state index in [4.69, 9.17) is 11.6 Å². The van der Waals surface area contributed by atoms with Gasteiger partial charge in [0, 0.05) is 18.5 Å². The van der Waals surface area contributed by atoms with Crippen LogP contribution >= 0.6 is 11.6 Å². The Bertz CT molecular complexity index is 408. The Hall–Kier alpha value is -1.16. The van der Waals surface area contributed by atoms with Gasteiger partial charge in [0.2, 0.25) is 0 Å². The first-order valence-electron chi connectivity index (χ1n) is 6.21. The summed E-state index contributed by atoms with van der Waals surface area (Å²) in [5, 5.41) is 0. The number of amides is 1. The fourth-order valence-corrected chi connectivity index (χ4v) is 2.60. The third-order valence-electron chi connectivity index (χ3n) is 3.28. The van der Waals surface area contributed by atoms with Gasteiger partial charge in [-0.3, -0.25) is 4.79 Å². The number of rotatable bonds is 3. The van der Waals surface area contributed by atoms with E-state index >= 15 is 0 Å². The zero-order valence-corrected chi connectivity index (χ0v) is 10.9. The summed E-state index contributed by atoms with van der Waals surface area (Å²) in [6.07, 6.45) is 5.00. The van der Waals surface area contributed by atoms with Crippen molar-refractivity contribution in [2.75, 3.05) is 12.4 Å². The molecule has 18 heavy (non-hydrogen) atoms. The van der Waals surface area contributed by atoms with E-state index in [1.807, 2.05) is 4.90 Å². The molecule has 1 aliphatic heterocycles. The molecule has 1 unspecified atom stereocenters. The lowest BCUT2D eigenvalue weighted by molar-refractivity contribution is 0.0603. The van der Waals surface area contributed by atoms with Crippen LogP contribution in [0.4, 0.5) is 4.39 Å². The quantitative estimate of drug-likeness (QED) is 0.792. The van der Waals surface area contributed by atoms with Crippen molar-refractivity contribution in [1.82, 2.24) is 9.88 Å². The van der Waals surface area contributed by atoms with Crippen molar-refractivity contribution in [3.05, 3.63) is 29.8 Å². The zero-order chi connectivity index (χ0) is 13.0. The Morgan fingerprint density at radius 2 is 2.33 bits per heavy atom. The Labute approximate surface area is 111 Å². The van der Waals surface area contributed by atoms with Crippen molar-refractivity contribution in [2.45, 2.75) is 31.7 Å². The van der Waals surface area contributed by atoms with E-state index in [9.17, 15) is 9.18 Å². The summed E-state index contributed by atoms with van der Waals surface area (Å²) in [6.45, 7) is 0.736. The van der Waals surface area contributed by atoms with Crippen LogP contribution in [0.1, 0.15) is 36.2 Å². The third-order valence-corrected chi connectivity index (χ3v) is 3.50. The highest BCUT2D eigenvalue weighted by atomic mass is 35.5. The molecule has 2 heterocycles. The lowest BCUT2D eigenvalue weighted by Gasteiger charge is -2.35. The Balaban J connectivity index is 2.12. The van der Waals surface area contributed by atoms with Gasteiger partial charge < -0.3 is 4.90 Å². The van der Waals surface area contributed by atoms with Gasteiger partial charge in [-0.25, -0.2) is 9.37 Å². The second kappa shape index (κ2) is 6.14. The molecule has 1 aromatic heterocycles. The van der Waals surface area contributed by atoms with Gasteiger partial charge in [-0.1, -0.05) is 0 Å². The minimum Gasteiger partial charge on any atom is -0.334 e. The largest absolute Gasteiger partial charge is 0.334 e. The summed E-state index contributed by atoms with van der Waals surface area (Å²) in [6, 6.07) is 2.89. The molecule has 2 rings (SSSR count). The van der Waals surface area contributed by atoms with Gasteiger partial charge in [0.15, 0.2) is 0 Å². The molecule has 0 aromatic carbocycles. The molecule has 1 aromatic rings. The highest BCUT2D eigenvalue weighted by molar-refractivity contribution is 6.17. The SMILES string of the molecule is O=C(c1ccc(F)cn1)N1CCCCC1CCCl. The van der Waals surface area contributed by atoms with Crippen molar-refractivity contribution in [2.24, 2.45) is 0 Å². The maximum atomic E-state index is 12.8. The summed E-state index contributed by atoms with van der Waals surface area (Å²) < 4.78 is 12.8. The van der Waals surface area contributed by atoms with Crippen LogP contribution in [0.15, 0.2) is 18.3 Å². The van der Waals surface area contributed by atoms with Crippen molar-refractivity contribution < 1.29 is 9.18 Å². The second-order valence-corrected chi connectivity index (χ2v) is 4.87. The molecule has 5 heteroatoms. The van der Waals surface area contributed by atoms with Crippen LogP contribution in [0.5, 0.6) is 0 Å². The minimum atomic E-state index is -0.428. The summed E-state index contributed by atoms with van der Waals surface area (Å²) >= 11 is 5.77. The van der Waals surface area contributed by atoms with Gasteiger partial charge >= 0.3 is 0 Å². The van der Waals surface area contributed by atoms with Crippen LogP contribution in [0, 0.1) is 5.82 Å². The molecule has 3 nitrogen and oxygen atoms in total. The predicted octanol–water partition coefficient (Wildman–Crippen LogP) is 2.84. The monoisotopic (exact) mass is 270 g/mol. The summed E-state index contributed by atoms with van der Waals surface area (Å²) in [5.41, 5.74) is 0.304. The summed E-state index contributed by atoms with van der Waals surface area (Å²) in [5.74, 6) is -0.00186. The normalized spacial score (nSPS) is 19.9. The van der Waals surface area contributed by atoms with E-state index in [1.54, 1.807) is 0 Å². The molecular weight excluding hydrogens is 255 g/mol. The standard InChI is InChI=1S/C13H16ClFN2O/c14-7-6-11-3-1-2-8-17(11)13(18)12-5-4-10(15)9-16-12/h4-5,9,11H,1-3,6-8H2. The zero-order valence-electron chi connectivity index (χ0n) is 10.1. The van der Waals surface area contributed by atoms with Crippen LogP contribution < -0.4 is 0 Å². The van der Waals surface area contributed by atoms with E-state index in [0.717, 1.165) is 38.4 Å². The lowest BCUT2D eigenvalue weighted by Crippen LogP contribution is -2.44. The highest BCUT2D eigenvalue weighted by Gasteiger charge is 2.27. The van der Waals surface area contributed by atoms with E-state index in [2.05, 4.69) is 4.98 Å². The van der Waals surface area contributed by atoms with Crippen LogP contribution in [0.25, 0.3) is 0 Å². The van der Waals surface area contributed by atoms with Gasteiger partial charge in [0.05, 0.1) is 6.20 Å². The number of carbonyl (C=O) groups is 1. The summed E-state index contributed by atoms with van der Waals surface area (Å²) in [7, 11) is 0. The number of hydrogen-bond acceptors (Lipinski definition) is 2. The molecular formula is C13H16ClFN2O.